The van der Waals surface area contributed by atoms with Gasteiger partial charge in [0.05, 0.1) is 0 Å². The molecule has 0 saturated carbocycles. The fourth-order valence-corrected chi connectivity index (χ4v) is 2.54. The van der Waals surface area contributed by atoms with Gasteiger partial charge in [0.25, 0.3) is 5.91 Å². The number of nitrogens with zero attached hydrogens (tertiary/aromatic N) is 1. The molecule has 0 bridgehead atoms. The molecule has 1 atom stereocenters. The van der Waals surface area contributed by atoms with Crippen LogP contribution in [0.4, 0.5) is 0 Å². The highest BCUT2D eigenvalue weighted by Crippen LogP contribution is 2.17. The molecular formula is C16H24N2O. The summed E-state index contributed by atoms with van der Waals surface area (Å²) < 4.78 is 0. The van der Waals surface area contributed by atoms with Crippen molar-refractivity contribution in [3.63, 3.8) is 0 Å². The van der Waals surface area contributed by atoms with Crippen LogP contribution in [-0.2, 0) is 0 Å². The average Bonchev–Trinajstić information content (AvgIpc) is 2.46. The fourth-order valence-electron chi connectivity index (χ4n) is 2.54. The summed E-state index contributed by atoms with van der Waals surface area (Å²) in [7, 11) is 1.91. The van der Waals surface area contributed by atoms with Crippen molar-refractivity contribution < 1.29 is 4.79 Å². The molecule has 0 radical (unpaired) electrons. The summed E-state index contributed by atoms with van der Waals surface area (Å²) in [6.45, 7) is 6.31. The molecule has 1 fully saturated rings. The molecule has 0 aliphatic carbocycles. The molecule has 1 aromatic carbocycles. The maximum absolute atomic E-state index is 12.4. The van der Waals surface area contributed by atoms with Crippen molar-refractivity contribution in [3.05, 3.63) is 35.4 Å². The highest BCUT2D eigenvalue weighted by molar-refractivity contribution is 5.94. The number of likely N-dealkylation sites (N-methyl/N-ethyl adjacent to an activating group) is 1. The van der Waals surface area contributed by atoms with Crippen molar-refractivity contribution in [2.24, 2.45) is 0 Å². The first-order valence-electron chi connectivity index (χ1n) is 7.17. The second-order valence-corrected chi connectivity index (χ2v) is 5.69. The van der Waals surface area contributed by atoms with Crippen molar-refractivity contribution in [2.75, 3.05) is 20.1 Å². The van der Waals surface area contributed by atoms with Gasteiger partial charge in [0.2, 0.25) is 0 Å². The molecule has 1 aliphatic rings. The Bertz CT molecular complexity index is 419. The van der Waals surface area contributed by atoms with Crippen LogP contribution in [-0.4, -0.2) is 37.0 Å². The van der Waals surface area contributed by atoms with Crippen molar-refractivity contribution in [1.82, 2.24) is 10.2 Å². The first-order chi connectivity index (χ1) is 9.09. The number of nitrogens with one attached hydrogen (secondary N) is 1. The number of benzene rings is 1. The molecule has 3 heteroatoms. The van der Waals surface area contributed by atoms with Gasteiger partial charge in [0.15, 0.2) is 0 Å². The lowest BCUT2D eigenvalue weighted by Gasteiger charge is -2.31. The standard InChI is InChI=1S/C16H24N2O/c1-12(2)13-6-8-14(9-7-13)16(19)18(3)15-5-4-10-17-11-15/h6-9,12,15,17H,4-5,10-11H2,1-3H3/t15-/m1/s1. The van der Waals surface area contributed by atoms with E-state index in [0.717, 1.165) is 31.5 Å². The third kappa shape index (κ3) is 3.35. The molecule has 0 aromatic heterocycles. The minimum absolute atomic E-state index is 0.129. The number of carbonyl (C=O) groups excluding carboxylic acids is 1. The summed E-state index contributed by atoms with van der Waals surface area (Å²) in [4.78, 5) is 14.3. The first kappa shape index (κ1) is 14.1. The van der Waals surface area contributed by atoms with Gasteiger partial charge in [-0.1, -0.05) is 26.0 Å². The van der Waals surface area contributed by atoms with E-state index in [1.165, 1.54) is 5.56 Å². The third-order valence-electron chi connectivity index (χ3n) is 3.96. The molecule has 3 nitrogen and oxygen atoms in total. The molecule has 0 spiro atoms. The van der Waals surface area contributed by atoms with Gasteiger partial charge in [-0.15, -0.1) is 0 Å². The van der Waals surface area contributed by atoms with Gasteiger partial charge in [-0.05, 0) is 43.0 Å². The quantitative estimate of drug-likeness (QED) is 0.906. The normalized spacial score (nSPS) is 19.5. The largest absolute Gasteiger partial charge is 0.337 e. The predicted octanol–water partition coefficient (Wildman–Crippen LogP) is 2.63. The van der Waals surface area contributed by atoms with E-state index < -0.39 is 0 Å². The van der Waals surface area contributed by atoms with Gasteiger partial charge < -0.3 is 10.2 Å². The smallest absolute Gasteiger partial charge is 0.253 e. The Balaban J connectivity index is 2.05. The number of piperidine rings is 1. The SMILES string of the molecule is CC(C)c1ccc(C(=O)N(C)[C@@H]2CCCNC2)cc1. The molecule has 1 aliphatic heterocycles. The van der Waals surface area contributed by atoms with E-state index >= 15 is 0 Å². The molecule has 1 saturated heterocycles. The van der Waals surface area contributed by atoms with Gasteiger partial charge in [0, 0.05) is 25.2 Å². The van der Waals surface area contributed by atoms with Crippen LogP contribution < -0.4 is 5.32 Å². The van der Waals surface area contributed by atoms with Crippen LogP contribution in [0.1, 0.15) is 48.5 Å². The number of amides is 1. The Morgan fingerprint density at radius 1 is 1.32 bits per heavy atom. The number of rotatable bonds is 3. The van der Waals surface area contributed by atoms with E-state index in [4.69, 9.17) is 0 Å². The van der Waals surface area contributed by atoms with Crippen LogP contribution in [0.5, 0.6) is 0 Å². The molecule has 2 rings (SSSR count). The first-order valence-corrected chi connectivity index (χ1v) is 7.17. The average molecular weight is 260 g/mol. The van der Waals surface area contributed by atoms with Gasteiger partial charge in [-0.25, -0.2) is 0 Å². The summed E-state index contributed by atoms with van der Waals surface area (Å²) >= 11 is 0. The van der Waals surface area contributed by atoms with E-state index in [9.17, 15) is 4.79 Å². The fraction of sp³-hybridized carbons (Fsp3) is 0.562. The number of hydrogen-bond acceptors (Lipinski definition) is 2. The summed E-state index contributed by atoms with van der Waals surface area (Å²) in [5.74, 6) is 0.633. The maximum atomic E-state index is 12.4. The number of carbonyl (C=O) groups is 1. The lowest BCUT2D eigenvalue weighted by atomic mass is 10.0. The summed E-state index contributed by atoms with van der Waals surface area (Å²) in [5.41, 5.74) is 2.07. The maximum Gasteiger partial charge on any atom is 0.253 e. The van der Waals surface area contributed by atoms with Crippen molar-refractivity contribution >= 4 is 5.91 Å². The highest BCUT2D eigenvalue weighted by Gasteiger charge is 2.22. The van der Waals surface area contributed by atoms with Crippen LogP contribution >= 0.6 is 0 Å². The van der Waals surface area contributed by atoms with E-state index in [-0.39, 0.29) is 5.91 Å². The number of hydrogen-bond donors (Lipinski definition) is 1. The zero-order valence-corrected chi connectivity index (χ0v) is 12.1. The molecule has 1 heterocycles. The summed E-state index contributed by atoms with van der Waals surface area (Å²) in [6.07, 6.45) is 2.24. The van der Waals surface area contributed by atoms with Crippen LogP contribution in [0.15, 0.2) is 24.3 Å². The topological polar surface area (TPSA) is 32.3 Å². The monoisotopic (exact) mass is 260 g/mol. The zero-order valence-electron chi connectivity index (χ0n) is 12.1. The van der Waals surface area contributed by atoms with Gasteiger partial charge >= 0.3 is 0 Å². The minimum atomic E-state index is 0.129. The van der Waals surface area contributed by atoms with Crippen molar-refractivity contribution in [1.29, 1.82) is 0 Å². The van der Waals surface area contributed by atoms with Gasteiger partial charge in [0.1, 0.15) is 0 Å². The Morgan fingerprint density at radius 3 is 2.53 bits per heavy atom. The minimum Gasteiger partial charge on any atom is -0.337 e. The van der Waals surface area contributed by atoms with Crippen LogP contribution in [0.3, 0.4) is 0 Å². The summed E-state index contributed by atoms with van der Waals surface area (Å²) in [6, 6.07) is 8.34. The molecule has 104 valence electrons. The van der Waals surface area contributed by atoms with E-state index in [1.807, 2.05) is 24.1 Å². The van der Waals surface area contributed by atoms with Crippen LogP contribution in [0.25, 0.3) is 0 Å². The van der Waals surface area contributed by atoms with E-state index in [1.54, 1.807) is 0 Å². The van der Waals surface area contributed by atoms with Gasteiger partial charge in [-0.3, -0.25) is 4.79 Å². The van der Waals surface area contributed by atoms with E-state index in [2.05, 4.69) is 31.3 Å². The molecule has 1 amide bonds. The Hall–Kier alpha value is -1.35. The predicted molar refractivity (Wildman–Crippen MR) is 78.5 cm³/mol. The highest BCUT2D eigenvalue weighted by atomic mass is 16.2. The molecule has 0 unspecified atom stereocenters. The molecule has 1 N–H and O–H groups in total. The Morgan fingerprint density at radius 2 is 2.00 bits per heavy atom. The lowest BCUT2D eigenvalue weighted by Crippen LogP contribution is -2.46. The van der Waals surface area contributed by atoms with Crippen molar-refractivity contribution in [3.8, 4) is 0 Å². The van der Waals surface area contributed by atoms with Crippen molar-refractivity contribution in [2.45, 2.75) is 38.6 Å². The summed E-state index contributed by atoms with van der Waals surface area (Å²) in [5, 5.41) is 3.35. The third-order valence-corrected chi connectivity index (χ3v) is 3.96. The zero-order chi connectivity index (χ0) is 13.8. The molecular weight excluding hydrogens is 236 g/mol. The lowest BCUT2D eigenvalue weighted by molar-refractivity contribution is 0.0708. The van der Waals surface area contributed by atoms with Crippen LogP contribution in [0, 0.1) is 0 Å². The van der Waals surface area contributed by atoms with E-state index in [0.29, 0.717) is 12.0 Å². The van der Waals surface area contributed by atoms with Gasteiger partial charge in [-0.2, -0.15) is 0 Å². The Kier molecular flexibility index (Phi) is 4.59. The second-order valence-electron chi connectivity index (χ2n) is 5.69. The van der Waals surface area contributed by atoms with Crippen LogP contribution in [0.2, 0.25) is 0 Å². The second kappa shape index (κ2) is 6.20. The molecule has 19 heavy (non-hydrogen) atoms. The molecule has 1 aromatic rings. The Labute approximate surface area is 116 Å².